The van der Waals surface area contributed by atoms with Gasteiger partial charge < -0.3 is 10.2 Å². The number of likely N-dealkylation sites (tertiary alicyclic amines) is 1. The minimum atomic E-state index is -0.509. The number of carbonyl (C=O) groups excluding carboxylic acids is 2. The van der Waals surface area contributed by atoms with Crippen LogP contribution in [0.3, 0.4) is 0 Å². The zero-order chi connectivity index (χ0) is 21.8. The Morgan fingerprint density at radius 3 is 2.65 bits per heavy atom. The van der Waals surface area contributed by atoms with Crippen LogP contribution in [0.5, 0.6) is 0 Å². The van der Waals surface area contributed by atoms with Crippen LogP contribution in [-0.2, 0) is 0 Å². The van der Waals surface area contributed by atoms with Crippen LogP contribution in [0.25, 0.3) is 5.69 Å². The number of nitrogens with one attached hydrogen (secondary N) is 1. The Bertz CT molecular complexity index is 1090. The second-order valence-corrected chi connectivity index (χ2v) is 8.13. The Hall–Kier alpha value is -3.13. The zero-order valence-corrected chi connectivity index (χ0v) is 17.9. The summed E-state index contributed by atoms with van der Waals surface area (Å²) in [6.07, 6.45) is 6.81. The lowest BCUT2D eigenvalue weighted by molar-refractivity contribution is 0.0693. The van der Waals surface area contributed by atoms with Crippen LogP contribution in [0.4, 0.5) is 4.39 Å². The van der Waals surface area contributed by atoms with E-state index in [0.29, 0.717) is 31.5 Å². The number of rotatable bonds is 5. The molecule has 1 saturated heterocycles. The van der Waals surface area contributed by atoms with Crippen LogP contribution in [0.15, 0.2) is 66.1 Å². The SMILES string of the molecule is CSc1nccn1-c1cccc(C(=O)NC2CCN(C(=O)c3ccccc3F)CC2)c1. The number of benzene rings is 2. The van der Waals surface area contributed by atoms with E-state index >= 15 is 0 Å². The predicted octanol–water partition coefficient (Wildman–Crippen LogP) is 3.77. The van der Waals surface area contributed by atoms with E-state index in [1.165, 1.54) is 23.9 Å². The van der Waals surface area contributed by atoms with E-state index in [0.717, 1.165) is 10.8 Å². The number of amides is 2. The zero-order valence-electron chi connectivity index (χ0n) is 17.1. The first-order chi connectivity index (χ1) is 15.1. The summed E-state index contributed by atoms with van der Waals surface area (Å²) in [6, 6.07) is 13.4. The Labute approximate surface area is 184 Å². The first-order valence-corrected chi connectivity index (χ1v) is 11.3. The number of thioether (sulfide) groups is 1. The normalized spacial score (nSPS) is 14.5. The van der Waals surface area contributed by atoms with Gasteiger partial charge in [0.05, 0.1) is 5.56 Å². The standard InChI is InChI=1S/C23H23FN4O2S/c1-31-23-25-11-14-28(23)18-6-4-5-16(15-18)21(29)26-17-9-12-27(13-10-17)22(30)19-7-2-3-8-20(19)24/h2-8,11,14-15,17H,9-10,12-13H2,1H3,(H,26,29). The smallest absolute Gasteiger partial charge is 0.256 e. The quantitative estimate of drug-likeness (QED) is 0.616. The van der Waals surface area contributed by atoms with Crippen molar-refractivity contribution in [2.75, 3.05) is 19.3 Å². The third-order valence-corrected chi connectivity index (χ3v) is 6.06. The van der Waals surface area contributed by atoms with Gasteiger partial charge in [0.25, 0.3) is 11.8 Å². The molecular formula is C23H23FN4O2S. The summed E-state index contributed by atoms with van der Waals surface area (Å²) in [5.41, 5.74) is 1.54. The second kappa shape index (κ2) is 9.34. The molecule has 2 heterocycles. The Kier molecular flexibility index (Phi) is 6.36. The highest BCUT2D eigenvalue weighted by atomic mass is 32.2. The van der Waals surface area contributed by atoms with Gasteiger partial charge in [-0.05, 0) is 49.4 Å². The van der Waals surface area contributed by atoms with Crippen molar-refractivity contribution in [2.45, 2.75) is 24.0 Å². The molecule has 0 saturated carbocycles. The second-order valence-electron chi connectivity index (χ2n) is 7.35. The van der Waals surface area contributed by atoms with Gasteiger partial charge in [-0.1, -0.05) is 30.0 Å². The molecule has 160 valence electrons. The molecular weight excluding hydrogens is 415 g/mol. The van der Waals surface area contributed by atoms with Gasteiger partial charge in [0, 0.05) is 42.8 Å². The summed E-state index contributed by atoms with van der Waals surface area (Å²) in [5.74, 6) is -0.961. The lowest BCUT2D eigenvalue weighted by Gasteiger charge is -2.32. The molecule has 0 bridgehead atoms. The van der Waals surface area contributed by atoms with Crippen LogP contribution < -0.4 is 5.32 Å². The fraction of sp³-hybridized carbons (Fsp3) is 0.261. The molecule has 1 fully saturated rings. The molecule has 0 radical (unpaired) electrons. The maximum atomic E-state index is 13.9. The molecule has 6 nitrogen and oxygen atoms in total. The molecule has 31 heavy (non-hydrogen) atoms. The van der Waals surface area contributed by atoms with E-state index in [1.54, 1.807) is 29.3 Å². The van der Waals surface area contributed by atoms with E-state index in [2.05, 4.69) is 10.3 Å². The van der Waals surface area contributed by atoms with Crippen LogP contribution in [0.1, 0.15) is 33.6 Å². The molecule has 2 amide bonds. The summed E-state index contributed by atoms with van der Waals surface area (Å²) in [4.78, 5) is 31.3. The summed E-state index contributed by atoms with van der Waals surface area (Å²) in [5, 5.41) is 3.92. The van der Waals surface area contributed by atoms with E-state index in [4.69, 9.17) is 0 Å². The van der Waals surface area contributed by atoms with Crippen LogP contribution in [0.2, 0.25) is 0 Å². The van der Waals surface area contributed by atoms with Crippen molar-refractivity contribution in [3.8, 4) is 5.69 Å². The molecule has 0 unspecified atom stereocenters. The maximum absolute atomic E-state index is 13.9. The summed E-state index contributed by atoms with van der Waals surface area (Å²) >= 11 is 1.54. The molecule has 2 aromatic carbocycles. The Balaban J connectivity index is 1.37. The average molecular weight is 439 g/mol. The highest BCUT2D eigenvalue weighted by Crippen LogP contribution is 2.20. The third-order valence-electron chi connectivity index (χ3n) is 5.40. The van der Waals surface area contributed by atoms with Crippen molar-refractivity contribution in [3.63, 3.8) is 0 Å². The molecule has 4 rings (SSSR count). The van der Waals surface area contributed by atoms with E-state index in [1.807, 2.05) is 35.2 Å². The number of hydrogen-bond acceptors (Lipinski definition) is 4. The number of piperidine rings is 1. The third kappa shape index (κ3) is 4.64. The van der Waals surface area contributed by atoms with Crippen molar-refractivity contribution in [1.82, 2.24) is 19.8 Å². The number of hydrogen-bond donors (Lipinski definition) is 1. The number of halogens is 1. The molecule has 1 aliphatic rings. The van der Waals surface area contributed by atoms with Gasteiger partial charge in [-0.25, -0.2) is 9.37 Å². The molecule has 1 N–H and O–H groups in total. The Morgan fingerprint density at radius 2 is 1.90 bits per heavy atom. The maximum Gasteiger partial charge on any atom is 0.256 e. The molecule has 3 aromatic rings. The van der Waals surface area contributed by atoms with E-state index in [9.17, 15) is 14.0 Å². The number of nitrogens with zero attached hydrogens (tertiary/aromatic N) is 3. The number of carbonyl (C=O) groups is 2. The fourth-order valence-corrected chi connectivity index (χ4v) is 4.26. The monoisotopic (exact) mass is 438 g/mol. The first-order valence-electron chi connectivity index (χ1n) is 10.1. The van der Waals surface area contributed by atoms with E-state index < -0.39 is 5.82 Å². The molecule has 0 spiro atoms. The summed E-state index contributed by atoms with van der Waals surface area (Å²) in [6.45, 7) is 0.953. The first kappa shape index (κ1) is 21.1. The highest BCUT2D eigenvalue weighted by Gasteiger charge is 2.26. The average Bonchev–Trinajstić information content (AvgIpc) is 3.28. The van der Waals surface area contributed by atoms with Gasteiger partial charge in [-0.15, -0.1) is 0 Å². The molecule has 1 aromatic heterocycles. The van der Waals surface area contributed by atoms with Crippen molar-refractivity contribution in [2.24, 2.45) is 0 Å². The summed E-state index contributed by atoms with van der Waals surface area (Å²) < 4.78 is 15.8. The molecule has 1 aliphatic heterocycles. The predicted molar refractivity (Wildman–Crippen MR) is 118 cm³/mol. The van der Waals surface area contributed by atoms with Crippen LogP contribution in [0, 0.1) is 5.82 Å². The lowest BCUT2D eigenvalue weighted by atomic mass is 10.0. The summed E-state index contributed by atoms with van der Waals surface area (Å²) in [7, 11) is 0. The molecule has 0 atom stereocenters. The largest absolute Gasteiger partial charge is 0.349 e. The van der Waals surface area contributed by atoms with Gasteiger partial charge in [-0.2, -0.15) is 0 Å². The van der Waals surface area contributed by atoms with E-state index in [-0.39, 0.29) is 23.4 Å². The van der Waals surface area contributed by atoms with Gasteiger partial charge in [0.15, 0.2) is 5.16 Å². The number of imidazole rings is 1. The Morgan fingerprint density at radius 1 is 1.13 bits per heavy atom. The number of aromatic nitrogens is 2. The minimum Gasteiger partial charge on any atom is -0.349 e. The van der Waals surface area contributed by atoms with Crippen molar-refractivity contribution < 1.29 is 14.0 Å². The van der Waals surface area contributed by atoms with Gasteiger partial charge in [0.1, 0.15) is 5.82 Å². The minimum absolute atomic E-state index is 0.0316. The van der Waals surface area contributed by atoms with Gasteiger partial charge >= 0.3 is 0 Å². The molecule has 0 aliphatic carbocycles. The highest BCUT2D eigenvalue weighted by molar-refractivity contribution is 7.98. The van der Waals surface area contributed by atoms with Gasteiger partial charge in [0.2, 0.25) is 0 Å². The van der Waals surface area contributed by atoms with Crippen LogP contribution in [-0.4, -0.2) is 51.7 Å². The molecule has 8 heteroatoms. The fourth-order valence-electron chi connectivity index (χ4n) is 3.73. The van der Waals surface area contributed by atoms with Crippen LogP contribution >= 0.6 is 11.8 Å². The topological polar surface area (TPSA) is 67.2 Å². The lowest BCUT2D eigenvalue weighted by Crippen LogP contribution is -2.46. The van der Waals surface area contributed by atoms with Gasteiger partial charge in [-0.3, -0.25) is 14.2 Å². The van der Waals surface area contributed by atoms with Crippen molar-refractivity contribution >= 4 is 23.6 Å². The van der Waals surface area contributed by atoms with Crippen molar-refractivity contribution in [3.05, 3.63) is 77.9 Å². The van der Waals surface area contributed by atoms with Crippen molar-refractivity contribution in [1.29, 1.82) is 0 Å².